The highest BCUT2D eigenvalue weighted by Gasteiger charge is 2.42. The van der Waals surface area contributed by atoms with Gasteiger partial charge < -0.3 is 14.5 Å². The molecular weight excluding hydrogens is 488 g/mol. The minimum atomic E-state index is 0.0829. The maximum Gasteiger partial charge on any atom is 0.269 e. The molecule has 2 aliphatic heterocycles. The first-order valence-electron chi connectivity index (χ1n) is 12.8. The van der Waals surface area contributed by atoms with Gasteiger partial charge in [-0.2, -0.15) is 0 Å². The van der Waals surface area contributed by atoms with Gasteiger partial charge in [-0.25, -0.2) is 4.99 Å². The Morgan fingerprint density at radius 1 is 1.03 bits per heavy atom. The van der Waals surface area contributed by atoms with Crippen LogP contribution in [0.2, 0.25) is 0 Å². The van der Waals surface area contributed by atoms with Gasteiger partial charge in [0.25, 0.3) is 5.91 Å². The molecular formula is C28H34N4O2S2. The van der Waals surface area contributed by atoms with E-state index in [1.165, 1.54) is 23.9 Å². The van der Waals surface area contributed by atoms with E-state index in [1.54, 1.807) is 18.9 Å². The van der Waals surface area contributed by atoms with Crippen LogP contribution in [-0.4, -0.2) is 49.3 Å². The van der Waals surface area contributed by atoms with E-state index >= 15 is 0 Å². The summed E-state index contributed by atoms with van der Waals surface area (Å²) in [6, 6.07) is 14.7. The van der Waals surface area contributed by atoms with Gasteiger partial charge in [0.1, 0.15) is 10.7 Å². The van der Waals surface area contributed by atoms with Gasteiger partial charge in [-0.15, -0.1) is 0 Å². The van der Waals surface area contributed by atoms with Crippen molar-refractivity contribution in [1.82, 2.24) is 4.90 Å². The third-order valence-electron chi connectivity index (χ3n) is 7.19. The number of hydrogen-bond donors (Lipinski definition) is 0. The number of aliphatic imine (C=N–C) groups is 1. The molecule has 0 N–H and O–H groups in total. The summed E-state index contributed by atoms with van der Waals surface area (Å²) < 4.78 is 5.43. The third kappa shape index (κ3) is 4.73. The molecule has 1 saturated carbocycles. The standard InChI is InChI=1S/C28H34N4O2S2/c1-5-31(6-2)20-14-12-19(13-15-20)29-28-32(21-10-8-7-9-11-21)26(33)25(36-28)27-30(3)23-18-22(34-4)16-17-24(23)35-27/h12-18,21H,5-11H2,1-4H3. The van der Waals surface area contributed by atoms with Crippen LogP contribution < -0.4 is 14.5 Å². The molecule has 0 bridgehead atoms. The van der Waals surface area contributed by atoms with E-state index in [4.69, 9.17) is 9.73 Å². The van der Waals surface area contributed by atoms with E-state index in [-0.39, 0.29) is 11.9 Å². The van der Waals surface area contributed by atoms with Crippen LogP contribution in [0.5, 0.6) is 5.75 Å². The second-order valence-electron chi connectivity index (χ2n) is 9.28. The monoisotopic (exact) mass is 522 g/mol. The Bertz CT molecular complexity index is 1180. The van der Waals surface area contributed by atoms with Crippen LogP contribution >= 0.6 is 23.5 Å². The molecule has 3 aliphatic rings. The first-order valence-corrected chi connectivity index (χ1v) is 14.5. The summed E-state index contributed by atoms with van der Waals surface area (Å²) in [5.74, 6) is 0.900. The molecule has 0 unspecified atom stereocenters. The molecule has 36 heavy (non-hydrogen) atoms. The van der Waals surface area contributed by atoms with Crippen molar-refractivity contribution in [1.29, 1.82) is 0 Å². The molecule has 1 saturated heterocycles. The topological polar surface area (TPSA) is 48.4 Å². The van der Waals surface area contributed by atoms with E-state index in [0.717, 1.165) is 75.9 Å². The Kier molecular flexibility index (Phi) is 7.53. The number of nitrogens with zero attached hydrogens (tertiary/aromatic N) is 4. The summed E-state index contributed by atoms with van der Waals surface area (Å²) >= 11 is 3.17. The number of benzene rings is 2. The highest BCUT2D eigenvalue weighted by atomic mass is 32.2. The molecule has 0 radical (unpaired) electrons. The van der Waals surface area contributed by atoms with E-state index in [1.807, 2.05) is 24.1 Å². The number of rotatable bonds is 6. The van der Waals surface area contributed by atoms with Gasteiger partial charge in [0, 0.05) is 42.8 Å². The fraction of sp³-hybridized carbons (Fsp3) is 0.429. The van der Waals surface area contributed by atoms with Gasteiger partial charge >= 0.3 is 0 Å². The molecule has 1 aliphatic carbocycles. The summed E-state index contributed by atoms with van der Waals surface area (Å²) in [4.78, 5) is 27.3. The van der Waals surface area contributed by atoms with Crippen LogP contribution in [0, 0.1) is 0 Å². The van der Waals surface area contributed by atoms with Crippen molar-refractivity contribution in [3.8, 4) is 5.75 Å². The van der Waals surface area contributed by atoms with Crippen LogP contribution in [0.1, 0.15) is 46.0 Å². The van der Waals surface area contributed by atoms with Gasteiger partial charge in [0.15, 0.2) is 5.17 Å². The average Bonchev–Trinajstić information content (AvgIpc) is 3.41. The lowest BCUT2D eigenvalue weighted by atomic mass is 9.94. The highest BCUT2D eigenvalue weighted by Crippen LogP contribution is 2.51. The minimum absolute atomic E-state index is 0.0829. The maximum atomic E-state index is 13.9. The number of carbonyl (C=O) groups is 1. The molecule has 2 aromatic rings. The van der Waals surface area contributed by atoms with Crippen LogP contribution in [0.3, 0.4) is 0 Å². The van der Waals surface area contributed by atoms with Crippen molar-refractivity contribution in [2.75, 3.05) is 37.0 Å². The smallest absolute Gasteiger partial charge is 0.269 e. The molecule has 2 aromatic carbocycles. The molecule has 190 valence electrons. The van der Waals surface area contributed by atoms with E-state index < -0.39 is 0 Å². The number of amidine groups is 1. The summed E-state index contributed by atoms with van der Waals surface area (Å²) in [6.07, 6.45) is 5.65. The van der Waals surface area contributed by atoms with Gasteiger partial charge in [-0.1, -0.05) is 31.0 Å². The van der Waals surface area contributed by atoms with Gasteiger partial charge in [0.05, 0.1) is 23.5 Å². The zero-order chi connectivity index (χ0) is 25.2. The Labute approximate surface area is 222 Å². The molecule has 0 atom stereocenters. The number of methoxy groups -OCH3 is 1. The molecule has 0 spiro atoms. The van der Waals surface area contributed by atoms with Gasteiger partial charge in [-0.3, -0.25) is 9.69 Å². The van der Waals surface area contributed by atoms with Crippen LogP contribution in [0.15, 0.2) is 62.3 Å². The van der Waals surface area contributed by atoms with Crippen LogP contribution in [-0.2, 0) is 4.79 Å². The Morgan fingerprint density at radius 2 is 1.75 bits per heavy atom. The molecule has 0 aromatic heterocycles. The third-order valence-corrected chi connectivity index (χ3v) is 9.60. The summed E-state index contributed by atoms with van der Waals surface area (Å²) in [7, 11) is 3.71. The summed E-state index contributed by atoms with van der Waals surface area (Å²) in [5.41, 5.74) is 3.15. The zero-order valence-corrected chi connectivity index (χ0v) is 23.1. The SMILES string of the molecule is CCN(CC)c1ccc(N=C2SC(=C3Sc4ccc(OC)cc4N3C)C(=O)N2C2CCCCC2)cc1. The Balaban J connectivity index is 1.50. The predicted octanol–water partition coefficient (Wildman–Crippen LogP) is 6.85. The van der Waals surface area contributed by atoms with Crippen molar-refractivity contribution >= 4 is 51.7 Å². The Morgan fingerprint density at radius 3 is 2.42 bits per heavy atom. The first kappa shape index (κ1) is 25.1. The lowest BCUT2D eigenvalue weighted by Gasteiger charge is -2.30. The zero-order valence-electron chi connectivity index (χ0n) is 21.5. The fourth-order valence-corrected chi connectivity index (χ4v) is 7.53. The number of amides is 1. The largest absolute Gasteiger partial charge is 0.497 e. The van der Waals surface area contributed by atoms with E-state index in [2.05, 4.69) is 54.0 Å². The fourth-order valence-electron chi connectivity index (χ4n) is 5.14. The predicted molar refractivity (Wildman–Crippen MR) is 153 cm³/mol. The average molecular weight is 523 g/mol. The van der Waals surface area contributed by atoms with Crippen molar-refractivity contribution in [2.45, 2.75) is 56.9 Å². The minimum Gasteiger partial charge on any atom is -0.497 e. The summed E-state index contributed by atoms with van der Waals surface area (Å²) in [6.45, 7) is 6.28. The second kappa shape index (κ2) is 10.8. The molecule has 1 amide bonds. The van der Waals surface area contributed by atoms with Crippen LogP contribution in [0.25, 0.3) is 0 Å². The molecule has 6 nitrogen and oxygen atoms in total. The first-order chi connectivity index (χ1) is 17.5. The van der Waals surface area contributed by atoms with Crippen molar-refractivity contribution < 1.29 is 9.53 Å². The molecule has 2 heterocycles. The van der Waals surface area contributed by atoms with Gasteiger partial charge in [0.2, 0.25) is 0 Å². The number of ether oxygens (including phenoxy) is 1. The number of thioether (sulfide) groups is 2. The normalized spacial score (nSPS) is 21.4. The number of hydrogen-bond acceptors (Lipinski definition) is 7. The lowest BCUT2D eigenvalue weighted by molar-refractivity contribution is -0.124. The number of fused-ring (bicyclic) bond motifs is 1. The number of anilines is 2. The van der Waals surface area contributed by atoms with Gasteiger partial charge in [-0.05, 0) is 74.8 Å². The molecule has 5 rings (SSSR count). The Hall–Kier alpha value is -2.58. The lowest BCUT2D eigenvalue weighted by Crippen LogP contribution is -2.40. The van der Waals surface area contributed by atoms with Crippen molar-refractivity contribution in [3.63, 3.8) is 0 Å². The number of carbonyl (C=O) groups excluding carboxylic acids is 1. The van der Waals surface area contributed by atoms with E-state index in [0.29, 0.717) is 0 Å². The molecule has 2 fully saturated rings. The van der Waals surface area contributed by atoms with E-state index in [9.17, 15) is 4.79 Å². The highest BCUT2D eigenvalue weighted by molar-refractivity contribution is 8.19. The quantitative estimate of drug-likeness (QED) is 0.387. The summed E-state index contributed by atoms with van der Waals surface area (Å²) in [5, 5.41) is 1.77. The van der Waals surface area contributed by atoms with Crippen LogP contribution in [0.4, 0.5) is 17.1 Å². The van der Waals surface area contributed by atoms with Crippen molar-refractivity contribution in [2.24, 2.45) is 4.99 Å². The second-order valence-corrected chi connectivity index (χ2v) is 11.3. The molecule has 8 heteroatoms. The maximum absolute atomic E-state index is 13.9. The van der Waals surface area contributed by atoms with Crippen molar-refractivity contribution in [3.05, 3.63) is 52.4 Å².